The van der Waals surface area contributed by atoms with Crippen LogP contribution in [0.5, 0.6) is 11.5 Å². The number of esters is 2. The zero-order valence-electron chi connectivity index (χ0n) is 16.8. The predicted molar refractivity (Wildman–Crippen MR) is 113 cm³/mol. The van der Waals surface area contributed by atoms with Crippen LogP contribution in [0, 0.1) is 0 Å². The summed E-state index contributed by atoms with van der Waals surface area (Å²) in [5.74, 6) is -0.530. The van der Waals surface area contributed by atoms with Crippen molar-refractivity contribution < 1.29 is 28.6 Å². The van der Waals surface area contributed by atoms with Gasteiger partial charge in [0, 0.05) is 18.1 Å². The van der Waals surface area contributed by atoms with Gasteiger partial charge in [-0.15, -0.1) is 0 Å². The average molecular weight is 408 g/mol. The Morgan fingerprint density at radius 1 is 0.900 bits per heavy atom. The maximum absolute atomic E-state index is 12.3. The van der Waals surface area contributed by atoms with E-state index in [-0.39, 0.29) is 5.78 Å². The Morgan fingerprint density at radius 2 is 1.50 bits per heavy atom. The molecule has 6 heteroatoms. The van der Waals surface area contributed by atoms with Crippen molar-refractivity contribution in [3.05, 3.63) is 85.0 Å². The number of hydrogen-bond acceptors (Lipinski definition) is 6. The van der Waals surface area contributed by atoms with Crippen LogP contribution in [0.3, 0.4) is 0 Å². The van der Waals surface area contributed by atoms with Gasteiger partial charge >= 0.3 is 11.9 Å². The van der Waals surface area contributed by atoms with E-state index in [1.54, 1.807) is 36.4 Å². The highest BCUT2D eigenvalue weighted by atomic mass is 16.7. The molecule has 2 aromatic carbocycles. The van der Waals surface area contributed by atoms with Gasteiger partial charge in [0.05, 0.1) is 5.56 Å². The molecule has 156 valence electrons. The van der Waals surface area contributed by atoms with Crippen LogP contribution < -0.4 is 9.47 Å². The summed E-state index contributed by atoms with van der Waals surface area (Å²) in [5.41, 5.74) is 0.754. The fourth-order valence-electron chi connectivity index (χ4n) is 2.48. The first-order valence-corrected chi connectivity index (χ1v) is 9.55. The highest BCUT2D eigenvalue weighted by Gasteiger charge is 2.15. The standard InChI is InChI=1S/C24H24O6/c1-4-7-8-23(30-22(26)6-3)28-19-13-15-20(16-14-19)29-24(27)18-11-9-17(10-12-18)21(25)5-2/h5-6,9-16,23H,2-4,7-8H2,1H3. The Balaban J connectivity index is 1.99. The van der Waals surface area contributed by atoms with Crippen molar-refractivity contribution in [1.29, 1.82) is 0 Å². The maximum atomic E-state index is 12.3. The molecule has 0 N–H and O–H groups in total. The second-order valence-electron chi connectivity index (χ2n) is 6.34. The van der Waals surface area contributed by atoms with Crippen molar-refractivity contribution in [1.82, 2.24) is 0 Å². The van der Waals surface area contributed by atoms with Crippen LogP contribution in [0.1, 0.15) is 46.9 Å². The molecule has 0 fully saturated rings. The zero-order valence-corrected chi connectivity index (χ0v) is 16.8. The van der Waals surface area contributed by atoms with Gasteiger partial charge in [-0.25, -0.2) is 9.59 Å². The lowest BCUT2D eigenvalue weighted by Gasteiger charge is -2.18. The van der Waals surface area contributed by atoms with Gasteiger partial charge in [0.15, 0.2) is 5.78 Å². The lowest BCUT2D eigenvalue weighted by Crippen LogP contribution is -2.23. The van der Waals surface area contributed by atoms with E-state index in [2.05, 4.69) is 13.2 Å². The second kappa shape index (κ2) is 11.4. The summed E-state index contributed by atoms with van der Waals surface area (Å²) in [5, 5.41) is 0. The van der Waals surface area contributed by atoms with Crippen LogP contribution in [-0.2, 0) is 9.53 Å². The third-order valence-corrected chi connectivity index (χ3v) is 4.10. The quantitative estimate of drug-likeness (QED) is 0.173. The smallest absolute Gasteiger partial charge is 0.343 e. The van der Waals surface area contributed by atoms with Gasteiger partial charge in [0.25, 0.3) is 0 Å². The van der Waals surface area contributed by atoms with Crippen molar-refractivity contribution in [2.24, 2.45) is 0 Å². The lowest BCUT2D eigenvalue weighted by atomic mass is 10.1. The minimum atomic E-state index is -0.722. The molecule has 30 heavy (non-hydrogen) atoms. The van der Waals surface area contributed by atoms with Crippen LogP contribution in [-0.4, -0.2) is 24.0 Å². The van der Waals surface area contributed by atoms with E-state index >= 15 is 0 Å². The van der Waals surface area contributed by atoms with Gasteiger partial charge in [-0.05, 0) is 48.9 Å². The highest BCUT2D eigenvalue weighted by Crippen LogP contribution is 2.21. The number of allylic oxidation sites excluding steroid dienone is 1. The number of unbranched alkanes of at least 4 members (excludes halogenated alkanes) is 1. The van der Waals surface area contributed by atoms with Gasteiger partial charge in [0.2, 0.25) is 6.29 Å². The molecule has 0 heterocycles. The number of hydrogen-bond donors (Lipinski definition) is 0. The number of benzene rings is 2. The molecular formula is C24H24O6. The molecule has 0 aliphatic carbocycles. The Labute approximate surface area is 175 Å². The van der Waals surface area contributed by atoms with Crippen molar-refractivity contribution in [2.45, 2.75) is 32.5 Å². The number of ketones is 1. The summed E-state index contributed by atoms with van der Waals surface area (Å²) in [6.07, 6.45) is 3.90. The predicted octanol–water partition coefficient (Wildman–Crippen LogP) is 4.90. The fraction of sp³-hybridized carbons (Fsp3) is 0.208. The van der Waals surface area contributed by atoms with Gasteiger partial charge in [-0.3, -0.25) is 4.79 Å². The summed E-state index contributed by atoms with van der Waals surface area (Å²) in [4.78, 5) is 35.3. The third kappa shape index (κ3) is 6.74. The third-order valence-electron chi connectivity index (χ3n) is 4.10. The van der Waals surface area contributed by atoms with Gasteiger partial charge < -0.3 is 14.2 Å². The van der Waals surface area contributed by atoms with Crippen LogP contribution in [0.25, 0.3) is 0 Å². The topological polar surface area (TPSA) is 78.9 Å². The molecule has 2 rings (SSSR count). The largest absolute Gasteiger partial charge is 0.455 e. The Bertz CT molecular complexity index is 896. The number of carbonyl (C=O) groups is 3. The molecule has 0 saturated carbocycles. The first-order chi connectivity index (χ1) is 14.5. The molecule has 6 nitrogen and oxygen atoms in total. The van der Waals surface area contributed by atoms with E-state index in [1.165, 1.54) is 18.2 Å². The van der Waals surface area contributed by atoms with Crippen LogP contribution in [0.4, 0.5) is 0 Å². The number of carbonyl (C=O) groups excluding carboxylic acids is 3. The molecule has 0 spiro atoms. The minimum absolute atomic E-state index is 0.221. The molecule has 0 aliphatic heterocycles. The van der Waals surface area contributed by atoms with Crippen molar-refractivity contribution in [3.63, 3.8) is 0 Å². The molecule has 0 aromatic heterocycles. The summed E-state index contributed by atoms with van der Waals surface area (Å²) in [7, 11) is 0. The molecular weight excluding hydrogens is 384 g/mol. The summed E-state index contributed by atoms with van der Waals surface area (Å²) >= 11 is 0. The molecule has 2 aromatic rings. The van der Waals surface area contributed by atoms with E-state index in [1.807, 2.05) is 6.92 Å². The molecule has 0 radical (unpaired) electrons. The molecule has 1 unspecified atom stereocenters. The molecule has 0 bridgehead atoms. The summed E-state index contributed by atoms with van der Waals surface area (Å²) < 4.78 is 16.2. The maximum Gasteiger partial charge on any atom is 0.343 e. The normalized spacial score (nSPS) is 11.1. The van der Waals surface area contributed by atoms with Gasteiger partial charge in [0.1, 0.15) is 11.5 Å². The van der Waals surface area contributed by atoms with Gasteiger partial charge in [-0.2, -0.15) is 0 Å². The van der Waals surface area contributed by atoms with E-state index < -0.39 is 18.2 Å². The number of ether oxygens (including phenoxy) is 3. The molecule has 0 amide bonds. The Hall–Kier alpha value is -3.67. The zero-order chi connectivity index (χ0) is 21.9. The van der Waals surface area contributed by atoms with Crippen molar-refractivity contribution >= 4 is 17.7 Å². The summed E-state index contributed by atoms with van der Waals surface area (Å²) in [6, 6.07) is 12.5. The van der Waals surface area contributed by atoms with Crippen molar-refractivity contribution in [3.8, 4) is 11.5 Å². The number of rotatable bonds is 11. The monoisotopic (exact) mass is 408 g/mol. The van der Waals surface area contributed by atoms with E-state index in [0.29, 0.717) is 29.0 Å². The average Bonchev–Trinajstić information content (AvgIpc) is 2.78. The van der Waals surface area contributed by atoms with E-state index in [4.69, 9.17) is 14.2 Å². The Kier molecular flexibility index (Phi) is 8.56. The molecule has 0 aliphatic rings. The summed E-state index contributed by atoms with van der Waals surface area (Å²) in [6.45, 7) is 8.84. The van der Waals surface area contributed by atoms with Crippen LogP contribution >= 0.6 is 0 Å². The van der Waals surface area contributed by atoms with Gasteiger partial charge in [-0.1, -0.05) is 38.6 Å². The fourth-order valence-corrected chi connectivity index (χ4v) is 2.48. The second-order valence-corrected chi connectivity index (χ2v) is 6.34. The molecule has 1 atom stereocenters. The highest BCUT2D eigenvalue weighted by molar-refractivity contribution is 6.04. The first kappa shape index (κ1) is 22.6. The Morgan fingerprint density at radius 3 is 2.07 bits per heavy atom. The first-order valence-electron chi connectivity index (χ1n) is 9.55. The molecule has 0 saturated heterocycles. The van der Waals surface area contributed by atoms with E-state index in [9.17, 15) is 14.4 Å². The van der Waals surface area contributed by atoms with Crippen LogP contribution in [0.15, 0.2) is 73.8 Å². The van der Waals surface area contributed by atoms with Crippen molar-refractivity contribution in [2.75, 3.05) is 0 Å². The SMILES string of the molecule is C=CC(=O)OC(CCCC)Oc1ccc(OC(=O)c2ccc(C(=O)C=C)cc2)cc1. The minimum Gasteiger partial charge on any atom is -0.455 e. The lowest BCUT2D eigenvalue weighted by molar-refractivity contribution is -0.158. The van der Waals surface area contributed by atoms with E-state index in [0.717, 1.165) is 18.9 Å². The van der Waals surface area contributed by atoms with Crippen LogP contribution in [0.2, 0.25) is 0 Å².